The van der Waals surface area contributed by atoms with Crippen molar-refractivity contribution in [2.75, 3.05) is 26.4 Å². The molecule has 5 N–H and O–H groups in total. The number of hydrogen-bond donors (Lipinski definition) is 4. The zero-order valence-electron chi connectivity index (χ0n) is 26.1. The van der Waals surface area contributed by atoms with E-state index in [0.717, 1.165) is 6.42 Å². The van der Waals surface area contributed by atoms with Gasteiger partial charge in [0.2, 0.25) is 11.7 Å². The molecule has 0 saturated heterocycles. The van der Waals surface area contributed by atoms with Crippen molar-refractivity contribution in [3.63, 3.8) is 0 Å². The second-order valence-electron chi connectivity index (χ2n) is 11.7. The summed E-state index contributed by atoms with van der Waals surface area (Å²) in [5.41, 5.74) is 6.92. The average molecular weight is 636 g/mol. The van der Waals surface area contributed by atoms with Crippen LogP contribution in [0.5, 0.6) is 17.2 Å². The smallest absolute Gasteiger partial charge is 0.374 e. The van der Waals surface area contributed by atoms with Gasteiger partial charge in [0.05, 0.1) is 36.5 Å². The van der Waals surface area contributed by atoms with Crippen LogP contribution in [-0.4, -0.2) is 93.8 Å². The summed E-state index contributed by atoms with van der Waals surface area (Å²) in [7, 11) is 0. The molecular formula is C31H37N7O8. The third kappa shape index (κ3) is 5.45. The molecule has 0 aliphatic carbocycles. The summed E-state index contributed by atoms with van der Waals surface area (Å²) in [6, 6.07) is 0. The number of ether oxygens (including phenoxy) is 4. The normalized spacial score (nSPS) is 22.2. The molecule has 5 aliphatic heterocycles. The topological polar surface area (TPSA) is 193 Å². The zero-order chi connectivity index (χ0) is 32.7. The molecule has 0 fully saturated rings. The minimum atomic E-state index is -1.19. The number of nitrogens with two attached hydrogens (primary N) is 1. The van der Waals surface area contributed by atoms with Gasteiger partial charge in [-0.15, -0.1) is 0 Å². The van der Waals surface area contributed by atoms with E-state index in [2.05, 4.69) is 20.3 Å². The Morgan fingerprint density at radius 1 is 1.28 bits per heavy atom. The van der Waals surface area contributed by atoms with Gasteiger partial charge in [-0.1, -0.05) is 13.0 Å². The Morgan fingerprint density at radius 2 is 2.09 bits per heavy atom. The third-order valence-corrected chi connectivity index (χ3v) is 8.01. The summed E-state index contributed by atoms with van der Waals surface area (Å²) in [5.74, 6) is -0.00147. The SMILES string of the molecule is CCCOc1c2c(c(CO)c3c1C(=CCN1C=CNC1N1CN=C4C(=O)N=C(N)N=C41)C=C(C(=O)OCC)O3)OC(C(C)(C)O)C2. The molecule has 1 amide bonds. The minimum absolute atomic E-state index is 0.0669. The van der Waals surface area contributed by atoms with E-state index < -0.39 is 36.5 Å². The van der Waals surface area contributed by atoms with Crippen LogP contribution in [-0.2, 0) is 27.4 Å². The van der Waals surface area contributed by atoms with E-state index in [9.17, 15) is 19.8 Å². The van der Waals surface area contributed by atoms with Gasteiger partial charge in [0.25, 0.3) is 0 Å². The van der Waals surface area contributed by atoms with Crippen LogP contribution in [0.25, 0.3) is 5.57 Å². The predicted octanol–water partition coefficient (Wildman–Crippen LogP) is 0.892. The zero-order valence-corrected chi connectivity index (χ0v) is 26.1. The molecular weight excluding hydrogens is 598 g/mol. The fourth-order valence-electron chi connectivity index (χ4n) is 5.80. The minimum Gasteiger partial charge on any atom is -0.492 e. The Balaban J connectivity index is 1.42. The lowest BCUT2D eigenvalue weighted by Crippen LogP contribution is -2.53. The fraction of sp³-hybridized carbons (Fsp3) is 0.452. The standard InChI is InChI=1S/C31H37N7O8/c1-5-11-44-24-17-13-20(31(3,4)42)46-23(17)18(14-39)25-21(24)16(12-19(45-25)28(41)43-6-2)7-9-37-10-8-33-30(37)38-15-34-22-26(38)35-29(32)36-27(22)40/h7-8,10,12,20,30,33,39,42H,5-6,9,11,13-15H2,1-4H3,(H2,32,36,40). The summed E-state index contributed by atoms with van der Waals surface area (Å²) in [4.78, 5) is 41.4. The molecule has 2 unspecified atom stereocenters. The number of nitrogens with one attached hydrogen (secondary N) is 1. The van der Waals surface area contributed by atoms with Crippen LogP contribution in [0.3, 0.4) is 0 Å². The van der Waals surface area contributed by atoms with Crippen molar-refractivity contribution in [3.05, 3.63) is 47.0 Å². The van der Waals surface area contributed by atoms with Gasteiger partial charge in [-0.05, 0) is 38.8 Å². The summed E-state index contributed by atoms with van der Waals surface area (Å²) < 4.78 is 24.0. The molecule has 0 saturated carbocycles. The van der Waals surface area contributed by atoms with E-state index in [4.69, 9.17) is 24.7 Å². The van der Waals surface area contributed by atoms with Crippen LogP contribution >= 0.6 is 0 Å². The summed E-state index contributed by atoms with van der Waals surface area (Å²) in [5, 5.41) is 24.7. The van der Waals surface area contributed by atoms with E-state index in [1.54, 1.807) is 37.9 Å². The number of aliphatic hydroxyl groups is 2. The second kappa shape index (κ2) is 12.1. The van der Waals surface area contributed by atoms with E-state index in [-0.39, 0.29) is 36.5 Å². The largest absolute Gasteiger partial charge is 0.492 e. The number of carbonyl (C=O) groups excluding carboxylic acids is 2. The van der Waals surface area contributed by atoms with E-state index in [1.165, 1.54) is 0 Å². The maximum atomic E-state index is 13.0. The van der Waals surface area contributed by atoms with Crippen LogP contribution in [0.4, 0.5) is 0 Å². The van der Waals surface area contributed by atoms with Crippen molar-refractivity contribution in [1.82, 2.24) is 15.1 Å². The third-order valence-electron chi connectivity index (χ3n) is 8.01. The van der Waals surface area contributed by atoms with Crippen LogP contribution < -0.4 is 25.3 Å². The number of esters is 1. The highest BCUT2D eigenvalue weighted by molar-refractivity contribution is 6.69. The molecule has 1 aromatic carbocycles. The number of amidine groups is 1. The number of guanidine groups is 1. The summed E-state index contributed by atoms with van der Waals surface area (Å²) in [6.07, 6.45) is 7.10. The second-order valence-corrected chi connectivity index (χ2v) is 11.7. The monoisotopic (exact) mass is 635 g/mol. The van der Waals surface area contributed by atoms with Gasteiger partial charge in [0.15, 0.2) is 17.8 Å². The van der Waals surface area contributed by atoms with Crippen molar-refractivity contribution in [1.29, 1.82) is 0 Å². The Hall–Kier alpha value is -4.89. The molecule has 5 aliphatic rings. The fourth-order valence-corrected chi connectivity index (χ4v) is 5.80. The van der Waals surface area contributed by atoms with Gasteiger partial charge in [0.1, 0.15) is 30.0 Å². The molecule has 0 aromatic heterocycles. The Morgan fingerprint density at radius 3 is 2.80 bits per heavy atom. The first kappa shape index (κ1) is 31.1. The summed E-state index contributed by atoms with van der Waals surface area (Å²) >= 11 is 0. The molecule has 1 aromatic rings. The number of aliphatic imine (C=N–C) groups is 3. The molecule has 46 heavy (non-hydrogen) atoms. The van der Waals surface area contributed by atoms with E-state index >= 15 is 0 Å². The molecule has 0 radical (unpaired) electrons. The van der Waals surface area contributed by atoms with Gasteiger partial charge in [0, 0.05) is 30.9 Å². The quantitative estimate of drug-likeness (QED) is 0.266. The maximum absolute atomic E-state index is 13.0. The highest BCUT2D eigenvalue weighted by Gasteiger charge is 2.43. The first-order valence-electron chi connectivity index (χ1n) is 15.1. The predicted molar refractivity (Wildman–Crippen MR) is 167 cm³/mol. The van der Waals surface area contributed by atoms with Crippen molar-refractivity contribution in [2.24, 2.45) is 20.7 Å². The lowest BCUT2D eigenvalue weighted by Gasteiger charge is -2.34. The molecule has 2 atom stereocenters. The average Bonchev–Trinajstić information content (AvgIpc) is 3.76. The van der Waals surface area contributed by atoms with Crippen molar-refractivity contribution >= 4 is 35.0 Å². The molecule has 0 bridgehead atoms. The summed E-state index contributed by atoms with van der Waals surface area (Å²) in [6.45, 7) is 7.56. The molecule has 15 nitrogen and oxygen atoms in total. The van der Waals surface area contributed by atoms with Crippen molar-refractivity contribution in [3.8, 4) is 17.2 Å². The Bertz CT molecular complexity index is 1650. The Kier molecular flexibility index (Phi) is 8.20. The number of amides is 1. The van der Waals surface area contributed by atoms with Gasteiger partial charge < -0.3 is 45.1 Å². The van der Waals surface area contributed by atoms with Crippen LogP contribution in [0.1, 0.15) is 50.8 Å². The lowest BCUT2D eigenvalue weighted by molar-refractivity contribution is -0.141. The number of hydrogen-bond acceptors (Lipinski definition) is 14. The number of rotatable bonds is 10. The van der Waals surface area contributed by atoms with E-state index in [0.29, 0.717) is 59.2 Å². The highest BCUT2D eigenvalue weighted by Crippen LogP contribution is 2.53. The van der Waals surface area contributed by atoms with Crippen molar-refractivity contribution in [2.45, 2.75) is 65.1 Å². The van der Waals surface area contributed by atoms with Gasteiger partial charge in [-0.3, -0.25) is 14.7 Å². The van der Waals surface area contributed by atoms with Crippen LogP contribution in [0.15, 0.2) is 45.3 Å². The lowest BCUT2D eigenvalue weighted by atomic mass is 9.90. The highest BCUT2D eigenvalue weighted by atomic mass is 16.6. The number of fused-ring (bicyclic) bond motifs is 3. The first-order chi connectivity index (χ1) is 22.0. The molecule has 0 spiro atoms. The number of carbonyl (C=O) groups is 2. The molecule has 15 heteroatoms. The first-order valence-corrected chi connectivity index (χ1v) is 15.1. The molecule has 6 rings (SSSR count). The maximum Gasteiger partial charge on any atom is 0.374 e. The van der Waals surface area contributed by atoms with Crippen molar-refractivity contribution < 1.29 is 38.7 Å². The van der Waals surface area contributed by atoms with Crippen LogP contribution in [0, 0.1) is 0 Å². The number of benzene rings is 1. The molecule has 5 heterocycles. The van der Waals surface area contributed by atoms with E-state index in [1.807, 2.05) is 24.1 Å². The number of nitrogens with zero attached hydrogens (tertiary/aromatic N) is 5. The Labute approximate surface area is 265 Å². The van der Waals surface area contributed by atoms with Gasteiger partial charge >= 0.3 is 11.9 Å². The molecule has 244 valence electrons. The van der Waals surface area contributed by atoms with Crippen LogP contribution in [0.2, 0.25) is 0 Å². The number of aliphatic hydroxyl groups excluding tert-OH is 1. The van der Waals surface area contributed by atoms with Gasteiger partial charge in [-0.25, -0.2) is 4.79 Å². The number of allylic oxidation sites excluding steroid dienone is 2. The van der Waals surface area contributed by atoms with Gasteiger partial charge in [-0.2, -0.15) is 9.98 Å².